The van der Waals surface area contributed by atoms with E-state index in [1.54, 1.807) is 6.07 Å². The van der Waals surface area contributed by atoms with Gasteiger partial charge in [-0.1, -0.05) is 38.5 Å². The Balaban J connectivity index is 1.77. The molecule has 180 valence electrons. The van der Waals surface area contributed by atoms with E-state index in [2.05, 4.69) is 54.1 Å². The predicted octanol–water partition coefficient (Wildman–Crippen LogP) is 7.26. The van der Waals surface area contributed by atoms with Crippen molar-refractivity contribution in [3.63, 3.8) is 0 Å². The molecule has 0 unspecified atom stereocenters. The molecular weight excluding hydrogens is 443 g/mol. The summed E-state index contributed by atoms with van der Waals surface area (Å²) in [6.45, 7) is 9.20. The van der Waals surface area contributed by atoms with Crippen LogP contribution in [-0.4, -0.2) is 29.1 Å². The second kappa shape index (κ2) is 11.2. The van der Waals surface area contributed by atoms with E-state index in [4.69, 9.17) is 12.2 Å². The standard InChI is InChI=1S/C26H34F3N3S/c1-4-6-14-31-15-8-9-21-16-20(12-13-24(21)31)18-32(19(3)5-2)25(33)30-23-11-7-10-22(17-23)26(27,28)29/h7,10-13,16-17,19H,4-6,8-9,14-15,18H2,1-3H3,(H,30,33)/t19-/m0/s1. The Morgan fingerprint density at radius 1 is 1.18 bits per heavy atom. The van der Waals surface area contributed by atoms with Crippen LogP contribution in [0.25, 0.3) is 0 Å². The van der Waals surface area contributed by atoms with Crippen LogP contribution in [0.5, 0.6) is 0 Å². The number of thiocarbonyl (C=S) groups is 1. The average Bonchev–Trinajstić information content (AvgIpc) is 2.80. The Kier molecular flexibility index (Phi) is 8.63. The van der Waals surface area contributed by atoms with Crippen molar-refractivity contribution in [3.8, 4) is 0 Å². The van der Waals surface area contributed by atoms with E-state index in [9.17, 15) is 13.2 Å². The van der Waals surface area contributed by atoms with E-state index in [0.717, 1.165) is 44.5 Å². The second-order valence-electron chi connectivity index (χ2n) is 8.80. The lowest BCUT2D eigenvalue weighted by Gasteiger charge is -2.34. The molecule has 0 bridgehead atoms. The molecule has 1 aliphatic heterocycles. The SMILES string of the molecule is CCCCN1CCCc2cc(CN(C(=S)Nc3cccc(C(F)(F)F)c3)[C@@H](C)CC)ccc21. The zero-order valence-electron chi connectivity index (χ0n) is 19.7. The summed E-state index contributed by atoms with van der Waals surface area (Å²) in [6, 6.07) is 12.0. The van der Waals surface area contributed by atoms with Gasteiger partial charge in [-0.3, -0.25) is 0 Å². The number of aryl methyl sites for hydroxylation is 1. The van der Waals surface area contributed by atoms with Gasteiger partial charge in [0, 0.05) is 37.1 Å². The summed E-state index contributed by atoms with van der Waals surface area (Å²) in [7, 11) is 0. The molecule has 0 aromatic heterocycles. The zero-order valence-corrected chi connectivity index (χ0v) is 20.5. The monoisotopic (exact) mass is 477 g/mol. The first-order chi connectivity index (χ1) is 15.7. The van der Waals surface area contributed by atoms with Gasteiger partial charge in [0.05, 0.1) is 5.56 Å². The number of halogens is 3. The third-order valence-corrected chi connectivity index (χ3v) is 6.65. The summed E-state index contributed by atoms with van der Waals surface area (Å²) in [6.07, 6.45) is 1.10. The quantitative estimate of drug-likeness (QED) is 0.403. The van der Waals surface area contributed by atoms with Crippen LogP contribution in [0.3, 0.4) is 0 Å². The number of fused-ring (bicyclic) bond motifs is 1. The van der Waals surface area contributed by atoms with E-state index in [-0.39, 0.29) is 6.04 Å². The molecule has 2 aromatic carbocycles. The molecule has 0 saturated carbocycles. The molecule has 3 rings (SSSR count). The Bertz CT molecular complexity index is 945. The minimum Gasteiger partial charge on any atom is -0.371 e. The van der Waals surface area contributed by atoms with Crippen molar-refractivity contribution in [2.75, 3.05) is 23.3 Å². The van der Waals surface area contributed by atoms with E-state index in [1.165, 1.54) is 35.7 Å². The Hall–Kier alpha value is -2.28. The number of hydrogen-bond acceptors (Lipinski definition) is 2. The van der Waals surface area contributed by atoms with E-state index in [0.29, 0.717) is 17.3 Å². The lowest BCUT2D eigenvalue weighted by molar-refractivity contribution is -0.137. The van der Waals surface area contributed by atoms with Gasteiger partial charge in [-0.2, -0.15) is 13.2 Å². The van der Waals surface area contributed by atoms with Crippen molar-refractivity contribution in [3.05, 3.63) is 59.2 Å². The van der Waals surface area contributed by atoms with E-state index in [1.807, 2.05) is 0 Å². The fourth-order valence-electron chi connectivity index (χ4n) is 4.22. The van der Waals surface area contributed by atoms with E-state index < -0.39 is 11.7 Å². The first-order valence-electron chi connectivity index (χ1n) is 11.8. The third kappa shape index (κ3) is 6.62. The highest BCUT2D eigenvalue weighted by Gasteiger charge is 2.30. The Morgan fingerprint density at radius 2 is 1.97 bits per heavy atom. The summed E-state index contributed by atoms with van der Waals surface area (Å²) in [4.78, 5) is 4.55. The molecule has 1 heterocycles. The number of anilines is 2. The van der Waals surface area contributed by atoms with Gasteiger partial charge >= 0.3 is 6.18 Å². The van der Waals surface area contributed by atoms with Gasteiger partial charge in [0.1, 0.15) is 0 Å². The smallest absolute Gasteiger partial charge is 0.371 e. The molecule has 0 spiro atoms. The van der Waals surface area contributed by atoms with E-state index >= 15 is 0 Å². The first kappa shape index (κ1) is 25.3. The maximum atomic E-state index is 13.1. The number of nitrogens with one attached hydrogen (secondary N) is 1. The van der Waals surface area contributed by atoms with Crippen LogP contribution in [0, 0.1) is 0 Å². The lowest BCUT2D eigenvalue weighted by atomic mass is 9.98. The number of unbranched alkanes of at least 4 members (excludes halogenated alkanes) is 1. The highest BCUT2D eigenvalue weighted by Crippen LogP contribution is 2.31. The van der Waals surface area contributed by atoms with Crippen LogP contribution < -0.4 is 10.2 Å². The normalized spacial score (nSPS) is 14.5. The zero-order chi connectivity index (χ0) is 24.0. The van der Waals surface area contributed by atoms with Crippen LogP contribution in [-0.2, 0) is 19.1 Å². The maximum absolute atomic E-state index is 13.1. The fraction of sp³-hybridized carbons (Fsp3) is 0.500. The minimum atomic E-state index is -4.39. The maximum Gasteiger partial charge on any atom is 0.416 e. The van der Waals surface area contributed by atoms with Crippen LogP contribution in [0.15, 0.2) is 42.5 Å². The predicted molar refractivity (Wildman–Crippen MR) is 135 cm³/mol. The number of hydrogen-bond donors (Lipinski definition) is 1. The van der Waals surface area contributed by atoms with Gasteiger partial charge in [-0.05, 0) is 80.2 Å². The Labute approximate surface area is 201 Å². The molecule has 7 heteroatoms. The van der Waals surface area contributed by atoms with Crippen molar-refractivity contribution >= 4 is 28.7 Å². The molecule has 0 aliphatic carbocycles. The molecule has 0 radical (unpaired) electrons. The summed E-state index contributed by atoms with van der Waals surface area (Å²) in [5.74, 6) is 0. The molecular formula is C26H34F3N3S. The van der Waals surface area contributed by atoms with Crippen LogP contribution in [0.1, 0.15) is 63.1 Å². The number of nitrogens with zero attached hydrogens (tertiary/aromatic N) is 2. The van der Waals surface area contributed by atoms with Crippen LogP contribution >= 0.6 is 12.2 Å². The summed E-state index contributed by atoms with van der Waals surface area (Å²) in [5.41, 5.74) is 3.53. The molecule has 33 heavy (non-hydrogen) atoms. The van der Waals surface area contributed by atoms with Gasteiger partial charge in [-0.25, -0.2) is 0 Å². The average molecular weight is 478 g/mol. The summed E-state index contributed by atoms with van der Waals surface area (Å²) in [5, 5.41) is 3.47. The fourth-order valence-corrected chi connectivity index (χ4v) is 4.58. The van der Waals surface area contributed by atoms with Crippen LogP contribution in [0.4, 0.5) is 24.5 Å². The van der Waals surface area contributed by atoms with Gasteiger partial charge < -0.3 is 15.1 Å². The van der Waals surface area contributed by atoms with Crippen molar-refractivity contribution in [2.45, 2.75) is 71.6 Å². The van der Waals surface area contributed by atoms with Gasteiger partial charge in [0.15, 0.2) is 5.11 Å². The van der Waals surface area contributed by atoms with Crippen molar-refractivity contribution in [2.24, 2.45) is 0 Å². The topological polar surface area (TPSA) is 18.5 Å². The summed E-state index contributed by atoms with van der Waals surface area (Å²) < 4.78 is 39.3. The molecule has 1 aliphatic rings. The summed E-state index contributed by atoms with van der Waals surface area (Å²) >= 11 is 5.65. The number of benzene rings is 2. The van der Waals surface area contributed by atoms with Gasteiger partial charge in [-0.15, -0.1) is 0 Å². The Morgan fingerprint density at radius 3 is 2.67 bits per heavy atom. The van der Waals surface area contributed by atoms with Gasteiger partial charge in [0.25, 0.3) is 0 Å². The second-order valence-corrected chi connectivity index (χ2v) is 9.19. The third-order valence-electron chi connectivity index (χ3n) is 6.32. The molecule has 1 N–H and O–H groups in total. The molecule has 0 fully saturated rings. The van der Waals surface area contributed by atoms with Crippen molar-refractivity contribution in [1.29, 1.82) is 0 Å². The minimum absolute atomic E-state index is 0.146. The highest BCUT2D eigenvalue weighted by atomic mass is 32.1. The molecule has 1 atom stereocenters. The van der Waals surface area contributed by atoms with Crippen LogP contribution in [0.2, 0.25) is 0 Å². The molecule has 0 saturated heterocycles. The van der Waals surface area contributed by atoms with Crippen molar-refractivity contribution < 1.29 is 13.2 Å². The molecule has 3 nitrogen and oxygen atoms in total. The number of rotatable bonds is 8. The highest BCUT2D eigenvalue weighted by molar-refractivity contribution is 7.80. The molecule has 2 aromatic rings. The van der Waals surface area contributed by atoms with Crippen molar-refractivity contribution in [1.82, 2.24) is 4.90 Å². The van der Waals surface area contributed by atoms with Gasteiger partial charge in [0.2, 0.25) is 0 Å². The number of alkyl halides is 3. The largest absolute Gasteiger partial charge is 0.416 e. The molecule has 0 amide bonds. The first-order valence-corrected chi connectivity index (χ1v) is 12.2. The lowest BCUT2D eigenvalue weighted by Crippen LogP contribution is -2.40.